The van der Waals surface area contributed by atoms with E-state index in [1.165, 1.54) is 19.6 Å². The number of halogens is 1. The monoisotopic (exact) mass is 526 g/mol. The molecule has 11 heteroatoms. The third-order valence-corrected chi connectivity index (χ3v) is 8.69. The Balaban J connectivity index is 1.07. The Kier molecular flexibility index (Phi) is 6.81. The molecule has 0 bridgehead atoms. The van der Waals surface area contributed by atoms with Crippen molar-refractivity contribution in [1.82, 2.24) is 30.3 Å². The molecule has 4 fully saturated rings. The third-order valence-electron chi connectivity index (χ3n) is 8.69. The fraction of sp³-hybridized carbons (Fsp3) is 0.630. The first kappa shape index (κ1) is 25.2. The van der Waals surface area contributed by atoms with Crippen LogP contribution in [0.2, 0.25) is 0 Å². The number of methoxy groups -OCH3 is 1. The molecule has 3 aliphatic heterocycles. The number of carbonyl (C=O) groups excluding carboxylic acids is 2. The zero-order chi connectivity index (χ0) is 26.3. The number of nitrogens with zero attached hydrogens (tertiary/aromatic N) is 4. The van der Waals surface area contributed by atoms with Crippen LogP contribution < -0.4 is 10.1 Å². The van der Waals surface area contributed by atoms with Gasteiger partial charge in [0, 0.05) is 61.4 Å². The largest absolute Gasteiger partial charge is 0.481 e. The summed E-state index contributed by atoms with van der Waals surface area (Å²) in [7, 11) is 1.46. The molecule has 5 heterocycles. The van der Waals surface area contributed by atoms with Gasteiger partial charge in [-0.3, -0.25) is 19.6 Å². The minimum atomic E-state index is -0.531. The van der Waals surface area contributed by atoms with Gasteiger partial charge >= 0.3 is 0 Å². The molecule has 1 aliphatic carbocycles. The maximum atomic E-state index is 14.4. The molecule has 2 aromatic rings. The molecule has 2 amide bonds. The lowest BCUT2D eigenvalue weighted by Gasteiger charge is -2.39. The first-order chi connectivity index (χ1) is 18.5. The first-order valence-electron chi connectivity index (χ1n) is 13.7. The van der Waals surface area contributed by atoms with Crippen molar-refractivity contribution in [2.45, 2.75) is 62.6 Å². The lowest BCUT2D eigenvalue weighted by molar-refractivity contribution is -0.127. The quantitative estimate of drug-likeness (QED) is 0.594. The molecule has 6 rings (SSSR count). The van der Waals surface area contributed by atoms with E-state index in [0.29, 0.717) is 31.1 Å². The Hall–Kier alpha value is -3.05. The van der Waals surface area contributed by atoms with E-state index in [9.17, 15) is 14.0 Å². The highest BCUT2D eigenvalue weighted by atomic mass is 19.1. The van der Waals surface area contributed by atoms with Crippen molar-refractivity contribution < 1.29 is 23.5 Å². The summed E-state index contributed by atoms with van der Waals surface area (Å²) in [6, 6.07) is 3.68. The van der Waals surface area contributed by atoms with Crippen molar-refractivity contribution in [2.75, 3.05) is 40.0 Å². The number of carbonyl (C=O) groups is 2. The predicted molar refractivity (Wildman–Crippen MR) is 136 cm³/mol. The van der Waals surface area contributed by atoms with Crippen molar-refractivity contribution in [3.8, 4) is 17.1 Å². The van der Waals surface area contributed by atoms with Gasteiger partial charge in [0.1, 0.15) is 0 Å². The summed E-state index contributed by atoms with van der Waals surface area (Å²) in [5, 5.41) is 10.3. The van der Waals surface area contributed by atoms with Crippen LogP contribution in [0, 0.1) is 11.7 Å². The Labute approximate surface area is 221 Å². The van der Waals surface area contributed by atoms with E-state index in [0.717, 1.165) is 58.2 Å². The lowest BCUT2D eigenvalue weighted by atomic mass is 9.87. The number of H-pyrrole nitrogens is 1. The van der Waals surface area contributed by atoms with Crippen LogP contribution in [0.25, 0.3) is 11.3 Å². The molecule has 3 saturated heterocycles. The van der Waals surface area contributed by atoms with Crippen LogP contribution in [-0.4, -0.2) is 94.4 Å². The minimum Gasteiger partial charge on any atom is -0.481 e. The number of ether oxygens (including phenoxy) is 2. The second kappa shape index (κ2) is 10.3. The van der Waals surface area contributed by atoms with Gasteiger partial charge in [-0.2, -0.15) is 5.10 Å². The molecule has 204 valence electrons. The van der Waals surface area contributed by atoms with Crippen molar-refractivity contribution in [1.29, 1.82) is 0 Å². The summed E-state index contributed by atoms with van der Waals surface area (Å²) >= 11 is 0. The number of amides is 2. The van der Waals surface area contributed by atoms with Crippen LogP contribution in [0.5, 0.6) is 5.88 Å². The Morgan fingerprint density at radius 3 is 2.87 bits per heavy atom. The Morgan fingerprint density at radius 1 is 1.24 bits per heavy atom. The van der Waals surface area contributed by atoms with Crippen molar-refractivity contribution >= 4 is 11.8 Å². The molecule has 38 heavy (non-hydrogen) atoms. The highest BCUT2D eigenvalue weighted by molar-refractivity contribution is 5.94. The van der Waals surface area contributed by atoms with Gasteiger partial charge in [-0.1, -0.05) is 0 Å². The topological polar surface area (TPSA) is 113 Å². The summed E-state index contributed by atoms with van der Waals surface area (Å²) in [6.45, 7) is 4.03. The molecule has 0 unspecified atom stereocenters. The molecule has 0 aromatic carbocycles. The van der Waals surface area contributed by atoms with E-state index in [-0.39, 0.29) is 46.5 Å². The number of rotatable bonds is 6. The normalized spacial score (nSPS) is 26.9. The van der Waals surface area contributed by atoms with Gasteiger partial charge < -0.3 is 19.7 Å². The number of likely N-dealkylation sites (tertiary alicyclic amines) is 2. The van der Waals surface area contributed by atoms with Crippen LogP contribution in [0.4, 0.5) is 4.39 Å². The van der Waals surface area contributed by atoms with Gasteiger partial charge in [0.15, 0.2) is 11.5 Å². The minimum absolute atomic E-state index is 0.0956. The van der Waals surface area contributed by atoms with E-state index in [4.69, 9.17) is 9.47 Å². The summed E-state index contributed by atoms with van der Waals surface area (Å²) < 4.78 is 25.1. The van der Waals surface area contributed by atoms with E-state index < -0.39 is 5.82 Å². The van der Waals surface area contributed by atoms with E-state index in [1.54, 1.807) is 6.07 Å². The first-order valence-corrected chi connectivity index (χ1v) is 13.7. The van der Waals surface area contributed by atoms with Gasteiger partial charge in [-0.05, 0) is 51.0 Å². The smallest absolute Gasteiger partial charge is 0.274 e. The van der Waals surface area contributed by atoms with E-state index >= 15 is 0 Å². The van der Waals surface area contributed by atoms with Crippen molar-refractivity contribution in [3.05, 3.63) is 29.8 Å². The zero-order valence-corrected chi connectivity index (χ0v) is 21.7. The van der Waals surface area contributed by atoms with Crippen LogP contribution in [0.1, 0.15) is 55.4 Å². The molecule has 2 N–H and O–H groups in total. The number of aromatic nitrogens is 3. The highest BCUT2D eigenvalue weighted by Crippen LogP contribution is 2.50. The van der Waals surface area contributed by atoms with Gasteiger partial charge in [0.05, 0.1) is 25.6 Å². The summed E-state index contributed by atoms with van der Waals surface area (Å²) in [4.78, 5) is 34.9. The predicted octanol–water partition coefficient (Wildman–Crippen LogP) is 2.37. The van der Waals surface area contributed by atoms with Gasteiger partial charge in [-0.25, -0.2) is 9.37 Å². The van der Waals surface area contributed by atoms with Crippen LogP contribution in [-0.2, 0) is 9.53 Å². The molecular weight excluding hydrogens is 491 g/mol. The van der Waals surface area contributed by atoms with E-state index in [2.05, 4.69) is 25.4 Å². The van der Waals surface area contributed by atoms with Crippen molar-refractivity contribution in [2.24, 2.45) is 5.92 Å². The average Bonchev–Trinajstić information content (AvgIpc) is 3.31. The van der Waals surface area contributed by atoms with Gasteiger partial charge in [0.25, 0.3) is 5.91 Å². The van der Waals surface area contributed by atoms with Crippen LogP contribution in [0.15, 0.2) is 18.3 Å². The number of hydrogen-bond acceptors (Lipinski definition) is 7. The standard InChI is InChI=1S/C27H35FN6O4/c1-37-24-11-20(21(28)14-29-24)22-12-23(32-31-22)26(36)34-9-4-17(13-27(34)6-7-27)25(35)30-18-5-8-33(15-18)19-3-2-10-38-16-19/h11-12,14,17-19H,2-10,13,15-16H2,1H3,(H,30,35)(H,31,32)/t17-,18+,19-/m0/s1. The number of pyridine rings is 1. The number of piperidine rings is 1. The zero-order valence-electron chi connectivity index (χ0n) is 21.7. The number of hydrogen-bond donors (Lipinski definition) is 2. The summed E-state index contributed by atoms with van der Waals surface area (Å²) in [5.41, 5.74) is 0.572. The second-order valence-corrected chi connectivity index (χ2v) is 11.1. The Bertz CT molecular complexity index is 1190. The SMILES string of the molecule is COc1cc(-c2cc(C(=O)N3CC[C@H](C(=O)N[C@@H]4CCN([C@H]5CCCOC5)C4)CC34CC4)n[nH]2)c(F)cn1. The fourth-order valence-corrected chi connectivity index (χ4v) is 6.36. The number of nitrogens with one attached hydrogen (secondary N) is 2. The molecule has 2 aromatic heterocycles. The molecule has 1 saturated carbocycles. The molecule has 10 nitrogen and oxygen atoms in total. The fourth-order valence-electron chi connectivity index (χ4n) is 6.36. The van der Waals surface area contributed by atoms with Crippen molar-refractivity contribution in [3.63, 3.8) is 0 Å². The molecule has 3 atom stereocenters. The number of aromatic amines is 1. The molecule has 0 radical (unpaired) electrons. The average molecular weight is 527 g/mol. The summed E-state index contributed by atoms with van der Waals surface area (Å²) in [6.07, 6.45) is 7.38. The maximum absolute atomic E-state index is 14.4. The van der Waals surface area contributed by atoms with E-state index in [1.807, 2.05) is 4.90 Å². The van der Waals surface area contributed by atoms with Crippen LogP contribution in [0.3, 0.4) is 0 Å². The Morgan fingerprint density at radius 2 is 2.11 bits per heavy atom. The third kappa shape index (κ3) is 4.89. The second-order valence-electron chi connectivity index (χ2n) is 11.1. The molecule has 1 spiro atoms. The van der Waals surface area contributed by atoms with Gasteiger partial charge in [0.2, 0.25) is 11.8 Å². The van der Waals surface area contributed by atoms with Crippen LogP contribution >= 0.6 is 0 Å². The molecular formula is C27H35FN6O4. The molecule has 4 aliphatic rings. The maximum Gasteiger partial charge on any atom is 0.274 e. The highest BCUT2D eigenvalue weighted by Gasteiger charge is 2.55. The lowest BCUT2D eigenvalue weighted by Crippen LogP contribution is -2.52. The summed E-state index contributed by atoms with van der Waals surface area (Å²) in [5.74, 6) is -0.432. The van der Waals surface area contributed by atoms with Gasteiger partial charge in [-0.15, -0.1) is 0 Å².